The number of alkyl halides is 1. The third-order valence-corrected chi connectivity index (χ3v) is 3.12. The van der Waals surface area contributed by atoms with Crippen LogP contribution >= 0.6 is 15.9 Å². The van der Waals surface area contributed by atoms with Gasteiger partial charge in [-0.15, -0.1) is 0 Å². The number of hydrogen-bond donors (Lipinski definition) is 1. The van der Waals surface area contributed by atoms with Gasteiger partial charge in [-0.2, -0.15) is 0 Å². The highest BCUT2D eigenvalue weighted by Gasteiger charge is 2.12. The van der Waals surface area contributed by atoms with Gasteiger partial charge in [0.1, 0.15) is 5.75 Å². The first-order valence-electron chi connectivity index (χ1n) is 5.59. The fourth-order valence-electron chi connectivity index (χ4n) is 1.44. The number of pyridine rings is 1. The van der Waals surface area contributed by atoms with Crippen LogP contribution in [0.25, 0.3) is 0 Å². The van der Waals surface area contributed by atoms with Gasteiger partial charge in [-0.1, -0.05) is 29.3 Å². The number of hydrogen-bond acceptors (Lipinski definition) is 3. The zero-order valence-electron chi connectivity index (χ0n) is 10.1. The molecule has 1 atom stereocenters. The maximum Gasteiger partial charge on any atom is 0.255 e. The zero-order valence-corrected chi connectivity index (χ0v) is 11.7. The molecule has 0 radical (unpaired) electrons. The minimum Gasteiger partial charge on any atom is -0.494 e. The van der Waals surface area contributed by atoms with E-state index in [1.54, 1.807) is 12.3 Å². The Morgan fingerprint density at radius 2 is 2.41 bits per heavy atom. The summed E-state index contributed by atoms with van der Waals surface area (Å²) in [7, 11) is 1.53. The fraction of sp³-hybridized carbons (Fsp3) is 0.500. The highest BCUT2D eigenvalue weighted by atomic mass is 79.9. The van der Waals surface area contributed by atoms with Crippen LogP contribution in [0.3, 0.4) is 0 Å². The maximum atomic E-state index is 11.9. The number of amides is 1. The van der Waals surface area contributed by atoms with Gasteiger partial charge in [-0.25, -0.2) is 0 Å². The van der Waals surface area contributed by atoms with E-state index in [-0.39, 0.29) is 5.91 Å². The second-order valence-electron chi connectivity index (χ2n) is 3.67. The van der Waals surface area contributed by atoms with E-state index in [0.717, 1.165) is 12.8 Å². The summed E-state index contributed by atoms with van der Waals surface area (Å²) in [6.07, 6.45) is 5.24. The van der Waals surface area contributed by atoms with Crippen LogP contribution in [0.15, 0.2) is 18.5 Å². The van der Waals surface area contributed by atoms with E-state index in [2.05, 4.69) is 33.2 Å². The standard InChI is InChI=1S/C12H17BrN2O2/c1-3-4-9(13)7-15-12(16)10-5-6-14-8-11(10)17-2/h5-6,8-9H,3-4,7H2,1-2H3,(H,15,16). The first kappa shape index (κ1) is 14.0. The van der Waals surface area contributed by atoms with Gasteiger partial charge in [0.15, 0.2) is 0 Å². The Balaban J connectivity index is 2.58. The van der Waals surface area contributed by atoms with Gasteiger partial charge >= 0.3 is 0 Å². The lowest BCUT2D eigenvalue weighted by Crippen LogP contribution is -2.29. The van der Waals surface area contributed by atoms with Crippen molar-refractivity contribution < 1.29 is 9.53 Å². The van der Waals surface area contributed by atoms with Crippen LogP contribution in [-0.4, -0.2) is 29.4 Å². The number of aromatic nitrogens is 1. The van der Waals surface area contributed by atoms with Crippen LogP contribution in [-0.2, 0) is 0 Å². The van der Waals surface area contributed by atoms with Crippen LogP contribution < -0.4 is 10.1 Å². The molecule has 4 nitrogen and oxygen atoms in total. The molecule has 5 heteroatoms. The molecule has 0 aromatic carbocycles. The van der Waals surface area contributed by atoms with Crippen molar-refractivity contribution in [3.8, 4) is 5.75 Å². The number of halogens is 1. The van der Waals surface area contributed by atoms with Gasteiger partial charge in [-0.05, 0) is 12.5 Å². The molecule has 17 heavy (non-hydrogen) atoms. The molecule has 1 heterocycles. The van der Waals surface area contributed by atoms with Crippen molar-refractivity contribution in [1.29, 1.82) is 0 Å². The Morgan fingerprint density at radius 3 is 3.06 bits per heavy atom. The molecule has 0 aliphatic heterocycles. The van der Waals surface area contributed by atoms with Crippen molar-refractivity contribution >= 4 is 21.8 Å². The Morgan fingerprint density at radius 1 is 1.65 bits per heavy atom. The van der Waals surface area contributed by atoms with Crippen molar-refractivity contribution in [2.24, 2.45) is 0 Å². The van der Waals surface area contributed by atoms with E-state index in [0.29, 0.717) is 22.7 Å². The Hall–Kier alpha value is -1.10. The second kappa shape index (κ2) is 7.27. The number of ether oxygens (including phenoxy) is 1. The van der Waals surface area contributed by atoms with Crippen molar-refractivity contribution in [3.63, 3.8) is 0 Å². The molecule has 1 unspecified atom stereocenters. The van der Waals surface area contributed by atoms with Gasteiger partial charge in [-0.3, -0.25) is 9.78 Å². The van der Waals surface area contributed by atoms with Gasteiger partial charge in [0.2, 0.25) is 0 Å². The fourth-order valence-corrected chi connectivity index (χ4v) is 2.06. The summed E-state index contributed by atoms with van der Waals surface area (Å²) < 4.78 is 5.09. The summed E-state index contributed by atoms with van der Waals surface area (Å²) in [6, 6.07) is 1.65. The summed E-state index contributed by atoms with van der Waals surface area (Å²) in [6.45, 7) is 2.72. The molecule has 1 aromatic rings. The normalized spacial score (nSPS) is 11.9. The molecule has 94 valence electrons. The number of nitrogens with zero attached hydrogens (tertiary/aromatic N) is 1. The molecule has 0 aliphatic carbocycles. The topological polar surface area (TPSA) is 51.2 Å². The zero-order chi connectivity index (χ0) is 12.7. The molecular weight excluding hydrogens is 284 g/mol. The second-order valence-corrected chi connectivity index (χ2v) is 4.97. The van der Waals surface area contributed by atoms with E-state index in [1.165, 1.54) is 13.3 Å². The molecule has 0 saturated heterocycles. The van der Waals surface area contributed by atoms with Gasteiger partial charge in [0.25, 0.3) is 5.91 Å². The number of rotatable bonds is 6. The summed E-state index contributed by atoms with van der Waals surface area (Å²) in [5.74, 6) is 0.358. The number of carbonyl (C=O) groups excluding carboxylic acids is 1. The van der Waals surface area contributed by atoms with Crippen molar-refractivity contribution in [2.45, 2.75) is 24.6 Å². The molecule has 1 N–H and O–H groups in total. The van der Waals surface area contributed by atoms with Gasteiger partial charge in [0.05, 0.1) is 18.9 Å². The van der Waals surface area contributed by atoms with Crippen molar-refractivity contribution in [2.75, 3.05) is 13.7 Å². The average Bonchev–Trinajstić information content (AvgIpc) is 2.36. The van der Waals surface area contributed by atoms with Crippen LogP contribution in [0, 0.1) is 0 Å². The number of methoxy groups -OCH3 is 1. The molecule has 1 amide bonds. The summed E-state index contributed by atoms with van der Waals surface area (Å²) in [5, 5.41) is 2.86. The lowest BCUT2D eigenvalue weighted by molar-refractivity contribution is 0.0950. The molecule has 0 aliphatic rings. The van der Waals surface area contributed by atoms with Crippen LogP contribution in [0.1, 0.15) is 30.1 Å². The van der Waals surface area contributed by atoms with E-state index >= 15 is 0 Å². The SMILES string of the molecule is CCCC(Br)CNC(=O)c1ccncc1OC. The van der Waals surface area contributed by atoms with Crippen LogP contribution in [0.2, 0.25) is 0 Å². The highest BCUT2D eigenvalue weighted by molar-refractivity contribution is 9.09. The minimum absolute atomic E-state index is 0.134. The smallest absolute Gasteiger partial charge is 0.255 e. The molecule has 1 aromatic heterocycles. The van der Waals surface area contributed by atoms with E-state index in [4.69, 9.17) is 4.74 Å². The molecule has 0 saturated carbocycles. The van der Waals surface area contributed by atoms with E-state index in [1.807, 2.05) is 0 Å². The molecule has 0 fully saturated rings. The molecule has 1 rings (SSSR count). The number of carbonyl (C=O) groups is 1. The number of nitrogens with one attached hydrogen (secondary N) is 1. The van der Waals surface area contributed by atoms with E-state index < -0.39 is 0 Å². The Kier molecular flexibility index (Phi) is 5.97. The predicted octanol–water partition coefficient (Wildman–Crippen LogP) is 2.38. The van der Waals surface area contributed by atoms with Crippen LogP contribution in [0.5, 0.6) is 5.75 Å². The monoisotopic (exact) mass is 300 g/mol. The summed E-state index contributed by atoms with van der Waals surface area (Å²) in [5.41, 5.74) is 0.513. The first-order chi connectivity index (χ1) is 8.19. The summed E-state index contributed by atoms with van der Waals surface area (Å²) in [4.78, 5) is 16.1. The lowest BCUT2D eigenvalue weighted by Gasteiger charge is -2.11. The first-order valence-corrected chi connectivity index (χ1v) is 6.50. The summed E-state index contributed by atoms with van der Waals surface area (Å²) >= 11 is 3.52. The Labute approximate surface area is 110 Å². The largest absolute Gasteiger partial charge is 0.494 e. The third-order valence-electron chi connectivity index (χ3n) is 2.34. The van der Waals surface area contributed by atoms with Gasteiger partial charge in [0, 0.05) is 17.6 Å². The molecular formula is C12H17BrN2O2. The maximum absolute atomic E-state index is 11.9. The molecule has 0 bridgehead atoms. The average molecular weight is 301 g/mol. The van der Waals surface area contributed by atoms with Crippen LogP contribution in [0.4, 0.5) is 0 Å². The quantitative estimate of drug-likeness (QED) is 0.821. The van der Waals surface area contributed by atoms with E-state index in [9.17, 15) is 4.79 Å². The third kappa shape index (κ3) is 4.34. The molecule has 0 spiro atoms. The highest BCUT2D eigenvalue weighted by Crippen LogP contribution is 2.15. The van der Waals surface area contributed by atoms with Crippen molar-refractivity contribution in [3.05, 3.63) is 24.0 Å². The minimum atomic E-state index is -0.134. The van der Waals surface area contributed by atoms with Gasteiger partial charge < -0.3 is 10.1 Å². The Bertz CT molecular complexity index is 371. The lowest BCUT2D eigenvalue weighted by atomic mass is 10.2. The van der Waals surface area contributed by atoms with Crippen molar-refractivity contribution in [1.82, 2.24) is 10.3 Å². The predicted molar refractivity (Wildman–Crippen MR) is 70.7 cm³/mol.